The number of amides is 1. The lowest BCUT2D eigenvalue weighted by Crippen LogP contribution is -2.33. The maximum absolute atomic E-state index is 12.2. The summed E-state index contributed by atoms with van der Waals surface area (Å²) < 4.78 is 0. The van der Waals surface area contributed by atoms with Gasteiger partial charge in [0.1, 0.15) is 6.61 Å². The Morgan fingerprint density at radius 1 is 1.38 bits per heavy atom. The summed E-state index contributed by atoms with van der Waals surface area (Å²) in [4.78, 5) is 12.2. The van der Waals surface area contributed by atoms with E-state index in [1.165, 1.54) is 0 Å². The minimum atomic E-state index is -0.182. The molecule has 1 aromatic carbocycles. The van der Waals surface area contributed by atoms with Crippen LogP contribution in [0.25, 0.3) is 0 Å². The van der Waals surface area contributed by atoms with Gasteiger partial charge < -0.3 is 10.4 Å². The number of hydrogen-bond donors (Lipinski definition) is 2. The Morgan fingerprint density at radius 2 is 2.05 bits per heavy atom. The maximum atomic E-state index is 12.2. The number of carbonyl (C=O) groups is 1. The number of rotatable bonds is 3. The van der Waals surface area contributed by atoms with Gasteiger partial charge in [0.15, 0.2) is 0 Å². The Kier molecular flexibility index (Phi) is 5.99. The summed E-state index contributed by atoms with van der Waals surface area (Å²) in [7, 11) is 0. The second kappa shape index (κ2) is 7.28. The first-order chi connectivity index (χ1) is 9.75. The van der Waals surface area contributed by atoms with Crippen LogP contribution in [0.2, 0.25) is 0 Å². The standard InChI is InChI=1S/C18H25NO2/c1-13-8-9-16(11-15(13)7-6-10-20)17(21)19-12-14(2)18(3,4)5/h8-9,11,14,20H,10,12H2,1-5H3,(H,19,21). The largest absolute Gasteiger partial charge is 0.384 e. The Balaban J connectivity index is 2.79. The second-order valence-corrected chi connectivity index (χ2v) is 6.47. The molecule has 1 aromatic rings. The molecule has 0 aliphatic rings. The second-order valence-electron chi connectivity index (χ2n) is 6.47. The van der Waals surface area contributed by atoms with E-state index in [9.17, 15) is 4.79 Å². The van der Waals surface area contributed by atoms with Gasteiger partial charge in [-0.25, -0.2) is 0 Å². The van der Waals surface area contributed by atoms with Crippen molar-refractivity contribution in [2.24, 2.45) is 11.3 Å². The van der Waals surface area contributed by atoms with Crippen LogP contribution in [0.5, 0.6) is 0 Å². The first-order valence-corrected chi connectivity index (χ1v) is 7.24. The van der Waals surface area contributed by atoms with Gasteiger partial charge in [-0.1, -0.05) is 45.6 Å². The van der Waals surface area contributed by atoms with E-state index in [1.54, 1.807) is 12.1 Å². The fraction of sp³-hybridized carbons (Fsp3) is 0.500. The summed E-state index contributed by atoms with van der Waals surface area (Å²) in [6, 6.07) is 5.45. The van der Waals surface area contributed by atoms with E-state index in [0.29, 0.717) is 18.0 Å². The minimum absolute atomic E-state index is 0.0850. The Bertz CT molecular complexity index is 559. The van der Waals surface area contributed by atoms with Crippen LogP contribution in [0.15, 0.2) is 18.2 Å². The molecule has 2 N–H and O–H groups in total. The monoisotopic (exact) mass is 287 g/mol. The Labute approximate surface area is 127 Å². The van der Waals surface area contributed by atoms with Crippen molar-refractivity contribution in [1.29, 1.82) is 0 Å². The van der Waals surface area contributed by atoms with Crippen LogP contribution in [0.3, 0.4) is 0 Å². The zero-order chi connectivity index (χ0) is 16.0. The highest BCUT2D eigenvalue weighted by molar-refractivity contribution is 5.94. The van der Waals surface area contributed by atoms with Crippen molar-refractivity contribution < 1.29 is 9.90 Å². The van der Waals surface area contributed by atoms with Gasteiger partial charge in [-0.2, -0.15) is 0 Å². The van der Waals surface area contributed by atoms with E-state index >= 15 is 0 Å². The van der Waals surface area contributed by atoms with Crippen molar-refractivity contribution in [3.8, 4) is 11.8 Å². The molecule has 0 saturated heterocycles. The van der Waals surface area contributed by atoms with Gasteiger partial charge in [0.2, 0.25) is 0 Å². The third-order valence-corrected chi connectivity index (χ3v) is 3.85. The number of aryl methyl sites for hydroxylation is 1. The summed E-state index contributed by atoms with van der Waals surface area (Å²) in [6.07, 6.45) is 0. The fourth-order valence-corrected chi connectivity index (χ4v) is 1.69. The van der Waals surface area contributed by atoms with Gasteiger partial charge in [-0.05, 0) is 36.0 Å². The molecule has 0 aliphatic carbocycles. The lowest BCUT2D eigenvalue weighted by atomic mass is 9.82. The SMILES string of the molecule is Cc1ccc(C(=O)NCC(C)C(C)(C)C)cc1C#CCO. The first kappa shape index (κ1) is 17.3. The highest BCUT2D eigenvalue weighted by Crippen LogP contribution is 2.24. The molecular formula is C18H25NO2. The third-order valence-electron chi connectivity index (χ3n) is 3.85. The molecule has 3 heteroatoms. The number of carbonyl (C=O) groups excluding carboxylic acids is 1. The van der Waals surface area contributed by atoms with Gasteiger partial charge in [-0.15, -0.1) is 0 Å². The predicted octanol–water partition coefficient (Wildman–Crippen LogP) is 2.75. The lowest BCUT2D eigenvalue weighted by Gasteiger charge is -2.27. The molecule has 0 heterocycles. The molecule has 1 amide bonds. The zero-order valence-electron chi connectivity index (χ0n) is 13.6. The number of hydrogen-bond acceptors (Lipinski definition) is 2. The predicted molar refractivity (Wildman–Crippen MR) is 86.1 cm³/mol. The summed E-state index contributed by atoms with van der Waals surface area (Å²) in [5.74, 6) is 5.79. The third kappa shape index (κ3) is 5.24. The van der Waals surface area contributed by atoms with Crippen molar-refractivity contribution >= 4 is 5.91 Å². The zero-order valence-corrected chi connectivity index (χ0v) is 13.6. The normalized spacial score (nSPS) is 12.3. The van der Waals surface area contributed by atoms with Crippen LogP contribution >= 0.6 is 0 Å². The molecule has 1 unspecified atom stereocenters. The van der Waals surface area contributed by atoms with E-state index < -0.39 is 0 Å². The summed E-state index contributed by atoms with van der Waals surface area (Å²) in [5.41, 5.74) is 2.54. The van der Waals surface area contributed by atoms with Gasteiger partial charge >= 0.3 is 0 Å². The summed E-state index contributed by atoms with van der Waals surface area (Å²) in [5, 5.41) is 11.7. The van der Waals surface area contributed by atoms with Crippen LogP contribution in [0.1, 0.15) is 49.2 Å². The van der Waals surface area contributed by atoms with Gasteiger partial charge in [0.25, 0.3) is 5.91 Å². The van der Waals surface area contributed by atoms with Crippen molar-refractivity contribution in [2.75, 3.05) is 13.2 Å². The van der Waals surface area contributed by atoms with Crippen molar-refractivity contribution in [3.05, 3.63) is 34.9 Å². The minimum Gasteiger partial charge on any atom is -0.384 e. The average Bonchev–Trinajstić information content (AvgIpc) is 2.42. The molecule has 1 rings (SSSR count). The van der Waals surface area contributed by atoms with Crippen molar-refractivity contribution in [1.82, 2.24) is 5.32 Å². The molecule has 0 saturated carbocycles. The van der Waals surface area contributed by atoms with Crippen LogP contribution in [0, 0.1) is 30.1 Å². The summed E-state index contributed by atoms with van der Waals surface area (Å²) in [6.45, 7) is 11.0. The maximum Gasteiger partial charge on any atom is 0.251 e. The number of benzene rings is 1. The number of aliphatic hydroxyl groups excluding tert-OH is 1. The smallest absolute Gasteiger partial charge is 0.251 e. The van der Waals surface area contributed by atoms with E-state index in [2.05, 4.69) is 44.9 Å². The highest BCUT2D eigenvalue weighted by atomic mass is 16.2. The van der Waals surface area contributed by atoms with E-state index in [4.69, 9.17) is 5.11 Å². The van der Waals surface area contributed by atoms with Crippen LogP contribution in [0.4, 0.5) is 0 Å². The molecule has 0 bridgehead atoms. The molecule has 0 spiro atoms. The van der Waals surface area contributed by atoms with Gasteiger partial charge in [-0.3, -0.25) is 4.79 Å². The first-order valence-electron chi connectivity index (χ1n) is 7.24. The van der Waals surface area contributed by atoms with Crippen LogP contribution < -0.4 is 5.32 Å². The number of aliphatic hydroxyl groups is 1. The number of nitrogens with one attached hydrogen (secondary N) is 1. The molecule has 114 valence electrons. The Hall–Kier alpha value is -1.79. The molecule has 0 aromatic heterocycles. The molecule has 0 aliphatic heterocycles. The van der Waals surface area contributed by atoms with Gasteiger partial charge in [0, 0.05) is 17.7 Å². The molecule has 21 heavy (non-hydrogen) atoms. The fourth-order valence-electron chi connectivity index (χ4n) is 1.69. The van der Waals surface area contributed by atoms with Crippen molar-refractivity contribution in [2.45, 2.75) is 34.6 Å². The molecule has 0 radical (unpaired) electrons. The molecule has 0 fully saturated rings. The molecule has 1 atom stereocenters. The summed E-state index contributed by atoms with van der Waals surface area (Å²) >= 11 is 0. The molecule has 3 nitrogen and oxygen atoms in total. The van der Waals surface area contributed by atoms with E-state index in [-0.39, 0.29) is 17.9 Å². The topological polar surface area (TPSA) is 49.3 Å². The Morgan fingerprint density at radius 3 is 2.62 bits per heavy atom. The van der Waals surface area contributed by atoms with E-state index in [1.807, 2.05) is 13.0 Å². The lowest BCUT2D eigenvalue weighted by molar-refractivity contribution is 0.0937. The van der Waals surface area contributed by atoms with E-state index in [0.717, 1.165) is 11.1 Å². The molecular weight excluding hydrogens is 262 g/mol. The van der Waals surface area contributed by atoms with Crippen LogP contribution in [-0.4, -0.2) is 24.2 Å². The quantitative estimate of drug-likeness (QED) is 0.840. The van der Waals surface area contributed by atoms with Crippen molar-refractivity contribution in [3.63, 3.8) is 0 Å². The van der Waals surface area contributed by atoms with Crippen LogP contribution in [-0.2, 0) is 0 Å². The highest BCUT2D eigenvalue weighted by Gasteiger charge is 2.20. The van der Waals surface area contributed by atoms with Gasteiger partial charge in [0.05, 0.1) is 0 Å². The average molecular weight is 287 g/mol.